The fourth-order valence-corrected chi connectivity index (χ4v) is 7.79. The minimum atomic E-state index is -3.61. The first kappa shape index (κ1) is 37.8. The Morgan fingerprint density at radius 3 is 2.43 bits per heavy atom. The van der Waals surface area contributed by atoms with Crippen LogP contribution in [-0.4, -0.2) is 106 Å². The number of allylic oxidation sites excluding steroid dienone is 5. The van der Waals surface area contributed by atoms with Gasteiger partial charge in [0.1, 0.15) is 23.3 Å². The Morgan fingerprint density at radius 2 is 1.86 bits per heavy atom. The lowest BCUT2D eigenvalue weighted by atomic mass is 9.85. The molecular weight excluding hydrogens is 644 g/mol. The molecule has 13 heteroatoms. The summed E-state index contributed by atoms with van der Waals surface area (Å²) >= 11 is 0. The van der Waals surface area contributed by atoms with Crippen molar-refractivity contribution in [3.05, 3.63) is 66.7 Å². The van der Waals surface area contributed by atoms with Gasteiger partial charge in [-0.25, -0.2) is 18.2 Å². The third-order valence-electron chi connectivity index (χ3n) is 9.24. The number of pyridine rings is 1. The lowest BCUT2D eigenvalue weighted by molar-refractivity contribution is -0.141. The number of likely N-dealkylation sites (tertiary alicyclic amines) is 1. The molecule has 2 aromatic rings. The second-order valence-corrected chi connectivity index (χ2v) is 17.0. The van der Waals surface area contributed by atoms with Gasteiger partial charge >= 0.3 is 6.09 Å². The van der Waals surface area contributed by atoms with Crippen LogP contribution in [0.1, 0.15) is 79.0 Å². The second-order valence-electron chi connectivity index (χ2n) is 15.0. The minimum Gasteiger partial charge on any atom is -0.444 e. The molecule has 0 aliphatic carbocycles. The van der Waals surface area contributed by atoms with Crippen molar-refractivity contribution in [3.63, 3.8) is 0 Å². The molecule has 0 bridgehead atoms. The molecule has 0 aromatic carbocycles. The third-order valence-corrected chi connectivity index (χ3v) is 10.5. The van der Waals surface area contributed by atoms with Crippen LogP contribution in [0.3, 0.4) is 0 Å². The van der Waals surface area contributed by atoms with Gasteiger partial charge in [0.05, 0.1) is 18.0 Å². The summed E-state index contributed by atoms with van der Waals surface area (Å²) in [5.74, 6) is -1.22. The zero-order valence-corrected chi connectivity index (χ0v) is 31.2. The van der Waals surface area contributed by atoms with Gasteiger partial charge in [0.2, 0.25) is 21.8 Å². The molecule has 12 nitrogen and oxygen atoms in total. The lowest BCUT2D eigenvalue weighted by Crippen LogP contribution is -2.59. The molecule has 5 atom stereocenters. The molecule has 0 saturated carbocycles. The second kappa shape index (κ2) is 14.1. The maximum absolute atomic E-state index is 14.6. The fourth-order valence-electron chi connectivity index (χ4n) is 6.64. The first-order chi connectivity index (χ1) is 22.7. The Labute approximate surface area is 290 Å². The predicted molar refractivity (Wildman–Crippen MR) is 191 cm³/mol. The SMILES string of the molecule is C=C/C=C\C(=C/C)c1cccn2cc([C@H]3CN(S(C)(=O)=O)[C@@H]4CCN(C(=O)C(NC(=O)[C@H](C)N(C)C(=O)OC(C)(C)C)C(C)(C)C)[C@H]34)nc12. The van der Waals surface area contributed by atoms with E-state index in [0.29, 0.717) is 24.3 Å². The number of ether oxygens (including phenoxy) is 1. The average molecular weight is 697 g/mol. The number of carbonyl (C=O) groups is 3. The molecule has 3 amide bonds. The van der Waals surface area contributed by atoms with E-state index >= 15 is 0 Å². The summed E-state index contributed by atoms with van der Waals surface area (Å²) in [5.41, 5.74) is 1.81. The zero-order chi connectivity index (χ0) is 36.6. The Hall–Kier alpha value is -3.97. The first-order valence-corrected chi connectivity index (χ1v) is 18.5. The van der Waals surface area contributed by atoms with Crippen molar-refractivity contribution in [2.75, 3.05) is 26.4 Å². The van der Waals surface area contributed by atoms with E-state index < -0.39 is 63.1 Å². The number of rotatable bonds is 9. The molecule has 4 heterocycles. The van der Waals surface area contributed by atoms with Crippen molar-refractivity contribution < 1.29 is 27.5 Å². The van der Waals surface area contributed by atoms with Crippen LogP contribution in [-0.2, 0) is 24.3 Å². The summed E-state index contributed by atoms with van der Waals surface area (Å²) in [7, 11) is -2.13. The maximum Gasteiger partial charge on any atom is 0.410 e. The molecule has 0 spiro atoms. The number of sulfonamides is 1. The highest BCUT2D eigenvalue weighted by molar-refractivity contribution is 7.88. The normalized spacial score (nSPS) is 21.9. The van der Waals surface area contributed by atoms with Crippen molar-refractivity contribution >= 4 is 39.2 Å². The molecule has 0 radical (unpaired) electrons. The van der Waals surface area contributed by atoms with Crippen LogP contribution in [0.15, 0.2) is 55.4 Å². The van der Waals surface area contributed by atoms with E-state index in [0.717, 1.165) is 11.1 Å². The van der Waals surface area contributed by atoms with Gasteiger partial charge in [-0.15, -0.1) is 0 Å². The van der Waals surface area contributed by atoms with Crippen molar-refractivity contribution in [3.8, 4) is 0 Å². The van der Waals surface area contributed by atoms with Gasteiger partial charge in [-0.05, 0) is 64.2 Å². The predicted octanol–water partition coefficient (Wildman–Crippen LogP) is 4.59. The van der Waals surface area contributed by atoms with Crippen LogP contribution in [0, 0.1) is 5.41 Å². The third kappa shape index (κ3) is 8.09. The van der Waals surface area contributed by atoms with E-state index in [1.165, 1.54) is 22.5 Å². The number of aromatic nitrogens is 2. The van der Waals surface area contributed by atoms with E-state index in [1.54, 1.807) is 38.7 Å². The smallest absolute Gasteiger partial charge is 0.410 e. The minimum absolute atomic E-state index is 0.175. The van der Waals surface area contributed by atoms with Crippen LogP contribution < -0.4 is 5.32 Å². The molecule has 1 N–H and O–H groups in total. The van der Waals surface area contributed by atoms with Crippen LogP contribution in [0.25, 0.3) is 11.2 Å². The topological polar surface area (TPSA) is 134 Å². The monoisotopic (exact) mass is 696 g/mol. The van der Waals surface area contributed by atoms with Gasteiger partial charge in [-0.3, -0.25) is 14.5 Å². The van der Waals surface area contributed by atoms with E-state index in [4.69, 9.17) is 9.72 Å². The van der Waals surface area contributed by atoms with Gasteiger partial charge in [0.25, 0.3) is 0 Å². The number of amides is 3. The van der Waals surface area contributed by atoms with Gasteiger partial charge in [0, 0.05) is 50.1 Å². The summed E-state index contributed by atoms with van der Waals surface area (Å²) in [6, 6.07) is 1.10. The van der Waals surface area contributed by atoms with E-state index in [2.05, 4.69) is 11.9 Å². The standard InChI is InChI=1S/C36H52N6O6S/c1-12-14-16-24(13-2)25-17-15-19-40-22-27(37-31(25)40)26-21-42(49(11,46)47)28-18-20-41(29(26)28)33(44)30(35(4,5)6)38-32(43)23(3)39(10)34(45)48-36(7,8)9/h12-17,19,22-23,26,28-30H,1,18,20-21H2,2-11H3,(H,38,43)/b16-14-,24-13+/t23-,26+,28+,29+,30?/m0/s1. The van der Waals surface area contributed by atoms with Crippen LogP contribution in [0.2, 0.25) is 0 Å². The highest BCUT2D eigenvalue weighted by Crippen LogP contribution is 2.43. The van der Waals surface area contributed by atoms with Gasteiger partial charge in [0.15, 0.2) is 0 Å². The Kier molecular flexibility index (Phi) is 10.9. The van der Waals surface area contributed by atoms with Crippen molar-refractivity contribution in [2.24, 2.45) is 5.41 Å². The molecule has 2 aliphatic heterocycles. The van der Waals surface area contributed by atoms with Gasteiger partial charge in [-0.1, -0.05) is 51.7 Å². The maximum atomic E-state index is 14.6. The zero-order valence-electron chi connectivity index (χ0n) is 30.4. The molecule has 2 aliphatic rings. The number of nitrogens with one attached hydrogen (secondary N) is 1. The molecule has 268 valence electrons. The van der Waals surface area contributed by atoms with Crippen LogP contribution in [0.4, 0.5) is 4.79 Å². The van der Waals surface area contributed by atoms with Crippen molar-refractivity contribution in [1.82, 2.24) is 28.8 Å². The number of hydrogen-bond acceptors (Lipinski definition) is 7. The Balaban J connectivity index is 1.70. The Morgan fingerprint density at radius 1 is 1.18 bits per heavy atom. The highest BCUT2D eigenvalue weighted by Gasteiger charge is 2.55. The summed E-state index contributed by atoms with van der Waals surface area (Å²) < 4.78 is 35.0. The molecule has 1 unspecified atom stereocenters. The quantitative estimate of drug-likeness (QED) is 0.379. The summed E-state index contributed by atoms with van der Waals surface area (Å²) in [6.07, 6.45) is 12.3. The number of fused-ring (bicyclic) bond motifs is 2. The highest BCUT2D eigenvalue weighted by atomic mass is 32.2. The molecule has 2 fully saturated rings. The number of hydrogen-bond donors (Lipinski definition) is 1. The molecule has 2 aromatic heterocycles. The first-order valence-electron chi connectivity index (χ1n) is 16.7. The number of nitrogens with zero attached hydrogens (tertiary/aromatic N) is 5. The van der Waals surface area contributed by atoms with Gasteiger partial charge in [-0.2, -0.15) is 4.31 Å². The number of likely N-dealkylation sites (N-methyl/N-ethyl adjacent to an activating group) is 1. The van der Waals surface area contributed by atoms with Crippen LogP contribution >= 0.6 is 0 Å². The molecule has 4 rings (SSSR count). The largest absolute Gasteiger partial charge is 0.444 e. The summed E-state index contributed by atoms with van der Waals surface area (Å²) in [4.78, 5) is 48.8. The summed E-state index contributed by atoms with van der Waals surface area (Å²) in [6.45, 7) is 18.6. The number of carbonyl (C=O) groups excluding carboxylic acids is 3. The van der Waals surface area contributed by atoms with E-state index in [-0.39, 0.29) is 12.5 Å². The Bertz CT molecular complexity index is 1770. The molecule has 2 saturated heterocycles. The summed E-state index contributed by atoms with van der Waals surface area (Å²) in [5, 5.41) is 2.92. The van der Waals surface area contributed by atoms with E-state index in [1.807, 2.05) is 74.9 Å². The van der Waals surface area contributed by atoms with E-state index in [9.17, 15) is 22.8 Å². The molecule has 49 heavy (non-hydrogen) atoms. The fraction of sp³-hybridized carbons (Fsp3) is 0.556. The number of imidazole rings is 1. The van der Waals surface area contributed by atoms with Crippen LogP contribution in [0.5, 0.6) is 0 Å². The van der Waals surface area contributed by atoms with Crippen molar-refractivity contribution in [1.29, 1.82) is 0 Å². The average Bonchev–Trinajstić information content (AvgIpc) is 3.71. The lowest BCUT2D eigenvalue weighted by Gasteiger charge is -2.38. The van der Waals surface area contributed by atoms with Crippen molar-refractivity contribution in [2.45, 2.75) is 97.5 Å². The molecular formula is C36H52N6O6S. The van der Waals surface area contributed by atoms with Gasteiger partial charge < -0.3 is 19.4 Å².